The Morgan fingerprint density at radius 2 is 1.94 bits per heavy atom. The van der Waals surface area contributed by atoms with Gasteiger partial charge in [0.05, 0.1) is 0 Å². The van der Waals surface area contributed by atoms with E-state index in [-0.39, 0.29) is 11.7 Å². The predicted octanol–water partition coefficient (Wildman–Crippen LogP) is 4.02. The minimum Gasteiger partial charge on any atom is -0.431 e. The molecule has 2 aliphatic rings. The van der Waals surface area contributed by atoms with E-state index in [1.165, 1.54) is 19.1 Å². The molecule has 0 bridgehead atoms. The van der Waals surface area contributed by atoms with Crippen LogP contribution in [0.5, 0.6) is 0 Å². The van der Waals surface area contributed by atoms with Crippen molar-refractivity contribution in [3.05, 3.63) is 46.8 Å². The Labute approximate surface area is 104 Å². The largest absolute Gasteiger partial charge is 0.431 e. The molecule has 96 valence electrons. The molecule has 2 aliphatic carbocycles. The minimum atomic E-state index is -0.445. The summed E-state index contributed by atoms with van der Waals surface area (Å²) in [6, 6.07) is 0. The average Bonchev–Trinajstić information content (AvgIpc) is 2.30. The number of hydrogen-bond donors (Lipinski definition) is 0. The maximum Gasteiger partial charge on any atom is 0.307 e. The number of carbonyl (C=O) groups is 1. The molecule has 0 unspecified atom stereocenters. The summed E-state index contributed by atoms with van der Waals surface area (Å²) in [5, 5.41) is 0. The molecule has 0 atom stereocenters. The van der Waals surface area contributed by atoms with Crippen molar-refractivity contribution in [1.29, 1.82) is 0 Å². The first kappa shape index (κ1) is 12.7. The fourth-order valence-electron chi connectivity index (χ4n) is 2.11. The summed E-state index contributed by atoms with van der Waals surface area (Å²) in [6.45, 7) is 1.29. The Morgan fingerprint density at radius 1 is 1.17 bits per heavy atom. The van der Waals surface area contributed by atoms with E-state index in [0.717, 1.165) is 5.57 Å². The number of ether oxygens (including phenoxy) is 1. The highest BCUT2D eigenvalue weighted by Crippen LogP contribution is 2.34. The van der Waals surface area contributed by atoms with Crippen molar-refractivity contribution in [1.82, 2.24) is 0 Å². The molecule has 0 saturated heterocycles. The second kappa shape index (κ2) is 5.29. The highest BCUT2D eigenvalue weighted by Gasteiger charge is 2.19. The summed E-state index contributed by atoms with van der Waals surface area (Å²) in [5.41, 5.74) is 1.42. The van der Waals surface area contributed by atoms with Gasteiger partial charge in [0.2, 0.25) is 0 Å². The van der Waals surface area contributed by atoms with Crippen molar-refractivity contribution < 1.29 is 18.3 Å². The number of rotatable bonds is 2. The van der Waals surface area contributed by atoms with Crippen LogP contribution in [0.25, 0.3) is 0 Å². The summed E-state index contributed by atoms with van der Waals surface area (Å²) in [6.07, 6.45) is 6.06. The van der Waals surface area contributed by atoms with Crippen LogP contribution in [0.2, 0.25) is 0 Å². The van der Waals surface area contributed by atoms with E-state index >= 15 is 0 Å². The monoisotopic (exact) mass is 252 g/mol. The highest BCUT2D eigenvalue weighted by molar-refractivity contribution is 5.67. The van der Waals surface area contributed by atoms with Crippen LogP contribution in [0.1, 0.15) is 32.6 Å². The van der Waals surface area contributed by atoms with Gasteiger partial charge in [0, 0.05) is 25.8 Å². The SMILES string of the molecule is CC(=O)OC1=CC(F)=C(C2=CC=C(F)CC2)CC1. The summed E-state index contributed by atoms with van der Waals surface area (Å²) in [4.78, 5) is 10.8. The van der Waals surface area contributed by atoms with Crippen LogP contribution < -0.4 is 0 Å². The van der Waals surface area contributed by atoms with Gasteiger partial charge in [0.1, 0.15) is 17.4 Å². The van der Waals surface area contributed by atoms with Crippen molar-refractivity contribution in [3.8, 4) is 0 Å². The second-order valence-electron chi connectivity index (χ2n) is 4.34. The third kappa shape index (κ3) is 2.94. The molecule has 0 aromatic rings. The molecule has 4 heteroatoms. The van der Waals surface area contributed by atoms with E-state index in [0.29, 0.717) is 37.0 Å². The summed E-state index contributed by atoms with van der Waals surface area (Å²) in [5.74, 6) is -0.660. The lowest BCUT2D eigenvalue weighted by molar-refractivity contribution is -0.137. The molecule has 0 amide bonds. The molecule has 0 fully saturated rings. The summed E-state index contributed by atoms with van der Waals surface area (Å²) < 4.78 is 31.6. The third-order valence-electron chi connectivity index (χ3n) is 2.96. The molecule has 0 aliphatic heterocycles. The first-order valence-electron chi connectivity index (χ1n) is 5.89. The molecule has 0 spiro atoms. The van der Waals surface area contributed by atoms with E-state index in [1.807, 2.05) is 0 Å². The Balaban J connectivity index is 2.20. The van der Waals surface area contributed by atoms with Gasteiger partial charge < -0.3 is 4.74 Å². The number of hydrogen-bond acceptors (Lipinski definition) is 2. The molecule has 0 radical (unpaired) electrons. The lowest BCUT2D eigenvalue weighted by Gasteiger charge is -2.19. The van der Waals surface area contributed by atoms with Crippen molar-refractivity contribution in [2.75, 3.05) is 0 Å². The lowest BCUT2D eigenvalue weighted by atomic mass is 9.90. The standard InChI is InChI=1S/C14H14F2O2/c1-9(17)18-12-6-7-13(14(16)8-12)10-2-4-11(15)5-3-10/h2,4,8H,3,5-7H2,1H3. The van der Waals surface area contributed by atoms with Gasteiger partial charge in [-0.05, 0) is 30.1 Å². The summed E-state index contributed by atoms with van der Waals surface area (Å²) in [7, 11) is 0. The van der Waals surface area contributed by atoms with Gasteiger partial charge >= 0.3 is 5.97 Å². The Bertz CT molecular complexity index is 496. The first-order valence-corrected chi connectivity index (χ1v) is 5.89. The average molecular weight is 252 g/mol. The number of esters is 1. The number of allylic oxidation sites excluding steroid dienone is 8. The smallest absolute Gasteiger partial charge is 0.307 e. The maximum absolute atomic E-state index is 13.9. The van der Waals surface area contributed by atoms with Crippen LogP contribution in [0, 0.1) is 0 Å². The highest BCUT2D eigenvalue weighted by atomic mass is 19.1. The lowest BCUT2D eigenvalue weighted by Crippen LogP contribution is -2.06. The van der Waals surface area contributed by atoms with E-state index in [2.05, 4.69) is 0 Å². The first-order chi connectivity index (χ1) is 8.56. The van der Waals surface area contributed by atoms with Gasteiger partial charge in [-0.3, -0.25) is 4.79 Å². The zero-order chi connectivity index (χ0) is 13.1. The van der Waals surface area contributed by atoms with E-state index in [9.17, 15) is 13.6 Å². The Kier molecular flexibility index (Phi) is 3.75. The van der Waals surface area contributed by atoms with Crippen LogP contribution in [0.3, 0.4) is 0 Å². The fraction of sp³-hybridized carbons (Fsp3) is 0.357. The van der Waals surface area contributed by atoms with E-state index < -0.39 is 5.97 Å². The molecule has 2 rings (SSSR count). The quantitative estimate of drug-likeness (QED) is 0.694. The Hall–Kier alpha value is -1.71. The van der Waals surface area contributed by atoms with Crippen molar-refractivity contribution in [3.63, 3.8) is 0 Å². The molecule has 0 heterocycles. The maximum atomic E-state index is 13.9. The molecular weight excluding hydrogens is 238 g/mol. The third-order valence-corrected chi connectivity index (χ3v) is 2.96. The van der Waals surface area contributed by atoms with Crippen LogP contribution in [0.4, 0.5) is 8.78 Å². The zero-order valence-corrected chi connectivity index (χ0v) is 10.1. The predicted molar refractivity (Wildman–Crippen MR) is 63.7 cm³/mol. The number of halogens is 2. The Morgan fingerprint density at radius 3 is 2.50 bits per heavy atom. The minimum absolute atomic E-state index is 0.174. The number of carbonyl (C=O) groups excluding carboxylic acids is 1. The van der Waals surface area contributed by atoms with Crippen molar-refractivity contribution in [2.24, 2.45) is 0 Å². The molecule has 0 aromatic heterocycles. The van der Waals surface area contributed by atoms with Gasteiger partial charge in [-0.2, -0.15) is 0 Å². The van der Waals surface area contributed by atoms with Gasteiger partial charge in [0.25, 0.3) is 0 Å². The normalized spacial score (nSPS) is 20.1. The van der Waals surface area contributed by atoms with Crippen LogP contribution >= 0.6 is 0 Å². The van der Waals surface area contributed by atoms with E-state index in [1.54, 1.807) is 6.08 Å². The van der Waals surface area contributed by atoms with Gasteiger partial charge in [-0.25, -0.2) is 8.78 Å². The van der Waals surface area contributed by atoms with E-state index in [4.69, 9.17) is 4.74 Å². The second-order valence-corrected chi connectivity index (χ2v) is 4.34. The molecular formula is C14H14F2O2. The topological polar surface area (TPSA) is 26.3 Å². The van der Waals surface area contributed by atoms with Gasteiger partial charge in [-0.15, -0.1) is 0 Å². The van der Waals surface area contributed by atoms with Crippen LogP contribution in [0.15, 0.2) is 46.8 Å². The molecule has 18 heavy (non-hydrogen) atoms. The molecule has 0 N–H and O–H groups in total. The molecule has 2 nitrogen and oxygen atoms in total. The molecule has 0 saturated carbocycles. The fourth-order valence-corrected chi connectivity index (χ4v) is 2.11. The van der Waals surface area contributed by atoms with Gasteiger partial charge in [0.15, 0.2) is 0 Å². The van der Waals surface area contributed by atoms with Crippen molar-refractivity contribution >= 4 is 5.97 Å². The van der Waals surface area contributed by atoms with Crippen molar-refractivity contribution in [2.45, 2.75) is 32.6 Å². The van der Waals surface area contributed by atoms with Crippen LogP contribution in [-0.4, -0.2) is 5.97 Å². The van der Waals surface area contributed by atoms with Gasteiger partial charge in [-0.1, -0.05) is 6.08 Å². The molecule has 0 aromatic carbocycles. The zero-order valence-electron chi connectivity index (χ0n) is 10.1. The van der Waals surface area contributed by atoms with Crippen LogP contribution in [-0.2, 0) is 9.53 Å². The summed E-state index contributed by atoms with van der Waals surface area (Å²) >= 11 is 0.